The van der Waals surface area contributed by atoms with Gasteiger partial charge < -0.3 is 24.8 Å². The Balaban J connectivity index is 1.59. The number of pyridine rings is 2. The van der Waals surface area contributed by atoms with Crippen LogP contribution in [0.4, 0.5) is 15.9 Å². The maximum atomic E-state index is 13.3. The standard InChI is InChI=1S/C39H47FN4O4/c1-26-32(35(37(45)46)48-38(2,3)4)34(44-22-19-39(5,6)20-23-44)33(36(43-26)42-25-30-9-7-8-21-41-30)28-12-16-31(17-13-28)47-24-18-27-10-14-29(40)15-11-27/h7-17,21,35H,18-20,22-25H2,1-6H3,(H,42,43)(H,45,46)/t35-/m0/s1. The quantitative estimate of drug-likeness (QED) is 0.157. The molecule has 1 saturated heterocycles. The first-order valence-electron chi connectivity index (χ1n) is 16.6. The Labute approximate surface area is 283 Å². The normalized spacial score (nSPS) is 15.2. The fourth-order valence-corrected chi connectivity index (χ4v) is 6.00. The number of benzene rings is 2. The summed E-state index contributed by atoms with van der Waals surface area (Å²) in [5, 5.41) is 14.1. The summed E-state index contributed by atoms with van der Waals surface area (Å²) in [6.07, 6.45) is 3.11. The van der Waals surface area contributed by atoms with Crippen molar-refractivity contribution in [1.82, 2.24) is 9.97 Å². The molecule has 0 bridgehead atoms. The molecular formula is C39H47FN4O4. The molecule has 0 radical (unpaired) electrons. The van der Waals surface area contributed by atoms with Crippen molar-refractivity contribution < 1.29 is 23.8 Å². The number of aromatic nitrogens is 2. The largest absolute Gasteiger partial charge is 0.493 e. The molecule has 2 aromatic carbocycles. The summed E-state index contributed by atoms with van der Waals surface area (Å²) in [6, 6.07) is 20.1. The molecule has 1 fully saturated rings. The third kappa shape index (κ3) is 8.89. The number of nitrogens with one attached hydrogen (secondary N) is 1. The number of aryl methyl sites for hydroxylation is 1. The Hall–Kier alpha value is -4.50. The van der Waals surface area contributed by atoms with Gasteiger partial charge in [0.2, 0.25) is 0 Å². The lowest BCUT2D eigenvalue weighted by molar-refractivity contribution is -0.160. The van der Waals surface area contributed by atoms with Gasteiger partial charge in [-0.25, -0.2) is 14.2 Å². The van der Waals surface area contributed by atoms with Crippen LogP contribution >= 0.6 is 0 Å². The molecule has 8 nitrogen and oxygen atoms in total. The summed E-state index contributed by atoms with van der Waals surface area (Å²) in [5.74, 6) is 0.0279. The number of hydrogen-bond acceptors (Lipinski definition) is 7. The topological polar surface area (TPSA) is 96.8 Å². The molecular weight excluding hydrogens is 607 g/mol. The smallest absolute Gasteiger partial charge is 0.337 e. The van der Waals surface area contributed by atoms with E-state index in [9.17, 15) is 14.3 Å². The number of carbonyl (C=O) groups is 1. The van der Waals surface area contributed by atoms with Gasteiger partial charge in [0.05, 0.1) is 30.1 Å². The maximum absolute atomic E-state index is 13.3. The van der Waals surface area contributed by atoms with Crippen molar-refractivity contribution in [3.05, 3.63) is 101 Å². The minimum absolute atomic E-state index is 0.181. The number of aliphatic carboxylic acids is 1. The van der Waals surface area contributed by atoms with E-state index in [1.165, 1.54) is 12.1 Å². The zero-order valence-electron chi connectivity index (χ0n) is 28.8. The average molecular weight is 655 g/mol. The van der Waals surface area contributed by atoms with Crippen LogP contribution in [-0.4, -0.2) is 46.3 Å². The van der Waals surface area contributed by atoms with E-state index in [0.29, 0.717) is 42.4 Å². The molecule has 48 heavy (non-hydrogen) atoms. The van der Waals surface area contributed by atoms with E-state index in [0.717, 1.165) is 54.0 Å². The van der Waals surface area contributed by atoms with E-state index < -0.39 is 17.7 Å². The minimum atomic E-state index is -1.22. The minimum Gasteiger partial charge on any atom is -0.493 e. The summed E-state index contributed by atoms with van der Waals surface area (Å²) in [4.78, 5) is 24.8. The molecule has 2 aromatic heterocycles. The predicted molar refractivity (Wildman–Crippen MR) is 188 cm³/mol. The van der Waals surface area contributed by atoms with E-state index in [1.807, 2.05) is 70.2 Å². The number of ether oxygens (including phenoxy) is 2. The highest BCUT2D eigenvalue weighted by molar-refractivity contribution is 5.92. The zero-order chi connectivity index (χ0) is 34.5. The number of halogens is 1. The molecule has 2 N–H and O–H groups in total. The molecule has 1 aliphatic rings. The van der Waals surface area contributed by atoms with Crippen molar-refractivity contribution in [1.29, 1.82) is 0 Å². The van der Waals surface area contributed by atoms with Crippen molar-refractivity contribution in [3.8, 4) is 16.9 Å². The fourth-order valence-electron chi connectivity index (χ4n) is 6.00. The van der Waals surface area contributed by atoms with Crippen LogP contribution in [0, 0.1) is 18.2 Å². The summed E-state index contributed by atoms with van der Waals surface area (Å²) in [5.41, 5.74) is 5.00. The number of piperidine rings is 1. The van der Waals surface area contributed by atoms with E-state index in [1.54, 1.807) is 18.3 Å². The van der Waals surface area contributed by atoms with Gasteiger partial charge in [0.1, 0.15) is 17.4 Å². The van der Waals surface area contributed by atoms with Crippen LogP contribution in [0.25, 0.3) is 11.1 Å². The SMILES string of the molecule is Cc1nc(NCc2ccccn2)c(-c2ccc(OCCc3ccc(F)cc3)cc2)c(N2CCC(C)(C)CC2)c1[C@H](OC(C)(C)C)C(=O)O. The Morgan fingerprint density at radius 3 is 2.33 bits per heavy atom. The number of rotatable bonds is 12. The van der Waals surface area contributed by atoms with E-state index >= 15 is 0 Å². The second kappa shape index (κ2) is 14.7. The molecule has 0 aliphatic carbocycles. The van der Waals surface area contributed by atoms with Crippen molar-refractivity contribution >= 4 is 17.5 Å². The zero-order valence-corrected chi connectivity index (χ0v) is 28.8. The Morgan fingerprint density at radius 2 is 1.73 bits per heavy atom. The van der Waals surface area contributed by atoms with Gasteiger partial charge in [-0.15, -0.1) is 0 Å². The summed E-state index contributed by atoms with van der Waals surface area (Å²) in [6.45, 7) is 14.4. The average Bonchev–Trinajstić information content (AvgIpc) is 3.04. The van der Waals surface area contributed by atoms with Crippen LogP contribution in [0.2, 0.25) is 0 Å². The lowest BCUT2D eigenvalue weighted by Gasteiger charge is -2.41. The fraction of sp³-hybridized carbons (Fsp3) is 0.410. The second-order valence-electron chi connectivity index (χ2n) is 14.2. The first-order valence-corrected chi connectivity index (χ1v) is 16.6. The molecule has 5 rings (SSSR count). The first-order chi connectivity index (χ1) is 22.8. The van der Waals surface area contributed by atoms with Crippen LogP contribution < -0.4 is 15.0 Å². The molecule has 1 atom stereocenters. The maximum Gasteiger partial charge on any atom is 0.337 e. The third-order valence-corrected chi connectivity index (χ3v) is 8.67. The van der Waals surface area contributed by atoms with Crippen molar-refractivity contribution in [2.75, 3.05) is 29.9 Å². The van der Waals surface area contributed by atoms with Crippen LogP contribution in [0.5, 0.6) is 5.75 Å². The molecule has 0 spiro atoms. The first kappa shape index (κ1) is 34.8. The van der Waals surface area contributed by atoms with Gasteiger partial charge in [-0.1, -0.05) is 44.2 Å². The molecule has 0 amide bonds. The third-order valence-electron chi connectivity index (χ3n) is 8.67. The number of carboxylic acid groups (broad SMARTS) is 1. The van der Waals surface area contributed by atoms with Crippen molar-refractivity contribution in [3.63, 3.8) is 0 Å². The summed E-state index contributed by atoms with van der Waals surface area (Å²) >= 11 is 0. The van der Waals surface area contributed by atoms with E-state index in [4.69, 9.17) is 14.5 Å². The molecule has 254 valence electrons. The van der Waals surface area contributed by atoms with Crippen molar-refractivity contribution in [2.24, 2.45) is 5.41 Å². The predicted octanol–water partition coefficient (Wildman–Crippen LogP) is 8.39. The molecule has 0 saturated carbocycles. The number of anilines is 2. The highest BCUT2D eigenvalue weighted by Gasteiger charge is 2.37. The van der Waals surface area contributed by atoms with Gasteiger partial charge in [0, 0.05) is 42.5 Å². The molecule has 3 heterocycles. The lowest BCUT2D eigenvalue weighted by Crippen LogP contribution is -2.39. The van der Waals surface area contributed by atoms with Gasteiger partial charge in [0.15, 0.2) is 6.10 Å². The Kier molecular flexibility index (Phi) is 10.7. The highest BCUT2D eigenvalue weighted by atomic mass is 19.1. The molecule has 9 heteroatoms. The van der Waals surface area contributed by atoms with Crippen molar-refractivity contribution in [2.45, 2.75) is 79.1 Å². The highest BCUT2D eigenvalue weighted by Crippen LogP contribution is 2.46. The molecule has 0 unspecified atom stereocenters. The summed E-state index contributed by atoms with van der Waals surface area (Å²) < 4.78 is 25.6. The van der Waals surface area contributed by atoms with E-state index in [-0.39, 0.29) is 11.2 Å². The van der Waals surface area contributed by atoms with Crippen LogP contribution in [0.15, 0.2) is 72.9 Å². The number of carboxylic acids is 1. The van der Waals surface area contributed by atoms with Gasteiger partial charge in [-0.2, -0.15) is 0 Å². The van der Waals surface area contributed by atoms with E-state index in [2.05, 4.69) is 29.0 Å². The van der Waals surface area contributed by atoms with Crippen LogP contribution in [0.3, 0.4) is 0 Å². The summed E-state index contributed by atoms with van der Waals surface area (Å²) in [7, 11) is 0. The molecule has 1 aliphatic heterocycles. The lowest BCUT2D eigenvalue weighted by atomic mass is 9.82. The monoisotopic (exact) mass is 654 g/mol. The Bertz CT molecular complexity index is 1680. The van der Waals surface area contributed by atoms with Gasteiger partial charge in [-0.05, 0) is 93.5 Å². The van der Waals surface area contributed by atoms with Gasteiger partial charge in [-0.3, -0.25) is 4.98 Å². The second-order valence-corrected chi connectivity index (χ2v) is 14.2. The number of hydrogen-bond donors (Lipinski definition) is 2. The van der Waals surface area contributed by atoms with Gasteiger partial charge in [0.25, 0.3) is 0 Å². The van der Waals surface area contributed by atoms with Gasteiger partial charge >= 0.3 is 5.97 Å². The van der Waals surface area contributed by atoms with Crippen LogP contribution in [0.1, 0.15) is 76.1 Å². The Morgan fingerprint density at radius 1 is 1.04 bits per heavy atom. The molecule has 4 aromatic rings. The van der Waals surface area contributed by atoms with Crippen LogP contribution in [-0.2, 0) is 22.5 Å². The number of nitrogens with zero attached hydrogens (tertiary/aromatic N) is 3.